The second kappa shape index (κ2) is 6.20. The SMILES string of the molecule is O=S(=O)(Nc1cccc2cccnc12)c1ccc(Cl)cc1C(F)(F)F. The van der Waals surface area contributed by atoms with Crippen molar-refractivity contribution in [3.8, 4) is 0 Å². The summed E-state index contributed by atoms with van der Waals surface area (Å²) in [6.45, 7) is 0. The van der Waals surface area contributed by atoms with E-state index in [1.807, 2.05) is 0 Å². The number of pyridine rings is 1. The molecule has 0 unspecified atom stereocenters. The van der Waals surface area contributed by atoms with Crippen LogP contribution in [0.25, 0.3) is 10.9 Å². The van der Waals surface area contributed by atoms with Gasteiger partial charge in [0.25, 0.3) is 10.0 Å². The van der Waals surface area contributed by atoms with Gasteiger partial charge in [-0.25, -0.2) is 8.42 Å². The quantitative estimate of drug-likeness (QED) is 0.709. The van der Waals surface area contributed by atoms with E-state index in [4.69, 9.17) is 11.6 Å². The van der Waals surface area contributed by atoms with Crippen LogP contribution in [-0.2, 0) is 16.2 Å². The number of hydrogen-bond donors (Lipinski definition) is 1. The number of hydrogen-bond acceptors (Lipinski definition) is 3. The third-order valence-electron chi connectivity index (χ3n) is 3.41. The van der Waals surface area contributed by atoms with Crippen molar-refractivity contribution in [3.63, 3.8) is 0 Å². The summed E-state index contributed by atoms with van der Waals surface area (Å²) in [5.74, 6) is 0. The molecule has 1 N–H and O–H groups in total. The van der Waals surface area contributed by atoms with Gasteiger partial charge in [-0.15, -0.1) is 0 Å². The number of fused-ring (bicyclic) bond motifs is 1. The van der Waals surface area contributed by atoms with Gasteiger partial charge in [-0.3, -0.25) is 9.71 Å². The maximum Gasteiger partial charge on any atom is 0.417 e. The molecule has 0 spiro atoms. The zero-order valence-electron chi connectivity index (χ0n) is 12.4. The smallest absolute Gasteiger partial charge is 0.277 e. The first-order chi connectivity index (χ1) is 11.7. The van der Waals surface area contributed by atoms with Gasteiger partial charge in [0, 0.05) is 16.6 Å². The zero-order chi connectivity index (χ0) is 18.2. The number of benzene rings is 2. The highest BCUT2D eigenvalue weighted by Crippen LogP contribution is 2.36. The maximum absolute atomic E-state index is 13.2. The largest absolute Gasteiger partial charge is 0.417 e. The van der Waals surface area contributed by atoms with Gasteiger partial charge >= 0.3 is 6.18 Å². The number of rotatable bonds is 3. The Kier molecular flexibility index (Phi) is 4.34. The van der Waals surface area contributed by atoms with Gasteiger partial charge in [-0.05, 0) is 30.3 Å². The number of nitrogens with one attached hydrogen (secondary N) is 1. The highest BCUT2D eigenvalue weighted by Gasteiger charge is 2.37. The summed E-state index contributed by atoms with van der Waals surface area (Å²) >= 11 is 5.59. The van der Waals surface area contributed by atoms with Gasteiger partial charge in [0.05, 0.1) is 21.7 Å². The molecule has 0 aliphatic carbocycles. The molecule has 0 radical (unpaired) electrons. The van der Waals surface area contributed by atoms with Gasteiger partial charge in [0.1, 0.15) is 0 Å². The first-order valence-corrected chi connectivity index (χ1v) is 8.78. The molecule has 1 heterocycles. The lowest BCUT2D eigenvalue weighted by molar-refractivity contribution is -0.139. The van der Waals surface area contributed by atoms with E-state index in [0.717, 1.165) is 12.1 Å². The third kappa shape index (κ3) is 3.54. The number of anilines is 1. The van der Waals surface area contributed by atoms with E-state index in [9.17, 15) is 21.6 Å². The summed E-state index contributed by atoms with van der Waals surface area (Å²) in [7, 11) is -4.50. The molecule has 130 valence electrons. The van der Waals surface area contributed by atoms with E-state index in [1.165, 1.54) is 12.3 Å². The molecule has 4 nitrogen and oxygen atoms in total. The van der Waals surface area contributed by atoms with Crippen molar-refractivity contribution < 1.29 is 21.6 Å². The minimum Gasteiger partial charge on any atom is -0.277 e. The molecule has 0 amide bonds. The number of halogens is 4. The van der Waals surface area contributed by atoms with Crippen molar-refractivity contribution in [2.75, 3.05) is 4.72 Å². The fraction of sp³-hybridized carbons (Fsp3) is 0.0625. The van der Waals surface area contributed by atoms with Crippen LogP contribution < -0.4 is 4.72 Å². The zero-order valence-corrected chi connectivity index (χ0v) is 14.0. The lowest BCUT2D eigenvalue weighted by Gasteiger charge is -2.15. The van der Waals surface area contributed by atoms with Crippen molar-refractivity contribution in [1.29, 1.82) is 0 Å². The number of alkyl halides is 3. The highest BCUT2D eigenvalue weighted by atomic mass is 35.5. The fourth-order valence-electron chi connectivity index (χ4n) is 2.34. The van der Waals surface area contributed by atoms with E-state index in [0.29, 0.717) is 17.0 Å². The predicted octanol–water partition coefficient (Wildman–Crippen LogP) is 4.71. The Balaban J connectivity index is 2.12. The maximum atomic E-state index is 13.2. The number of sulfonamides is 1. The molecule has 0 atom stereocenters. The topological polar surface area (TPSA) is 59.1 Å². The van der Waals surface area contributed by atoms with Crippen LogP contribution in [-0.4, -0.2) is 13.4 Å². The average Bonchev–Trinajstić information content (AvgIpc) is 2.54. The van der Waals surface area contributed by atoms with Crippen LogP contribution >= 0.6 is 11.6 Å². The minimum absolute atomic E-state index is 0.0844. The van der Waals surface area contributed by atoms with Crippen molar-refractivity contribution in [3.05, 3.63) is 65.3 Å². The standard InChI is InChI=1S/C16H10ClF3N2O2S/c17-11-6-7-14(12(9-11)16(18,19)20)25(23,24)22-13-5-1-3-10-4-2-8-21-15(10)13/h1-9,22H. The van der Waals surface area contributed by atoms with Crippen molar-refractivity contribution >= 4 is 38.2 Å². The number of nitrogens with zero attached hydrogens (tertiary/aromatic N) is 1. The molecular formula is C16H10ClF3N2O2S. The molecule has 2 aromatic carbocycles. The van der Waals surface area contributed by atoms with E-state index in [1.54, 1.807) is 24.3 Å². The molecular weight excluding hydrogens is 377 g/mol. The monoisotopic (exact) mass is 386 g/mol. The van der Waals surface area contributed by atoms with E-state index < -0.39 is 26.7 Å². The molecule has 0 bridgehead atoms. The van der Waals surface area contributed by atoms with Crippen LogP contribution in [0.2, 0.25) is 5.02 Å². The van der Waals surface area contributed by atoms with Gasteiger partial charge in [0.2, 0.25) is 0 Å². The molecule has 0 fully saturated rings. The lowest BCUT2D eigenvalue weighted by atomic mass is 10.2. The molecule has 3 aromatic rings. The summed E-state index contributed by atoms with van der Waals surface area (Å²) < 4.78 is 66.8. The van der Waals surface area contributed by atoms with E-state index in [-0.39, 0.29) is 10.7 Å². The average molecular weight is 387 g/mol. The normalized spacial score (nSPS) is 12.3. The van der Waals surface area contributed by atoms with Crippen LogP contribution in [0, 0.1) is 0 Å². The summed E-state index contributed by atoms with van der Waals surface area (Å²) in [4.78, 5) is 3.17. The van der Waals surface area contributed by atoms with Gasteiger partial charge in [-0.2, -0.15) is 13.2 Å². The van der Waals surface area contributed by atoms with Crippen LogP contribution in [0.5, 0.6) is 0 Å². The summed E-state index contributed by atoms with van der Waals surface area (Å²) in [6, 6.07) is 10.6. The van der Waals surface area contributed by atoms with Crippen LogP contribution in [0.15, 0.2) is 59.6 Å². The van der Waals surface area contributed by atoms with Crippen molar-refractivity contribution in [1.82, 2.24) is 4.98 Å². The minimum atomic E-state index is -4.87. The summed E-state index contributed by atoms with van der Waals surface area (Å²) in [6.07, 6.45) is -3.41. The van der Waals surface area contributed by atoms with Gasteiger partial charge in [0.15, 0.2) is 0 Å². The number of para-hydroxylation sites is 1. The fourth-order valence-corrected chi connectivity index (χ4v) is 3.79. The Morgan fingerprint density at radius 3 is 2.48 bits per heavy atom. The lowest BCUT2D eigenvalue weighted by Crippen LogP contribution is -2.19. The third-order valence-corrected chi connectivity index (χ3v) is 5.07. The molecule has 0 saturated heterocycles. The molecule has 9 heteroatoms. The second-order valence-corrected chi connectivity index (χ2v) is 7.21. The molecule has 3 rings (SSSR count). The van der Waals surface area contributed by atoms with Crippen molar-refractivity contribution in [2.45, 2.75) is 11.1 Å². The Labute approximate surface area is 146 Å². The second-order valence-electron chi connectivity index (χ2n) is 5.12. The van der Waals surface area contributed by atoms with Crippen LogP contribution in [0.4, 0.5) is 18.9 Å². The highest BCUT2D eigenvalue weighted by molar-refractivity contribution is 7.92. The Morgan fingerprint density at radius 1 is 1.04 bits per heavy atom. The van der Waals surface area contributed by atoms with Crippen LogP contribution in [0.3, 0.4) is 0 Å². The Bertz CT molecular complexity index is 1050. The predicted molar refractivity (Wildman–Crippen MR) is 89.0 cm³/mol. The number of aromatic nitrogens is 1. The molecule has 25 heavy (non-hydrogen) atoms. The summed E-state index contributed by atoms with van der Waals surface area (Å²) in [5, 5.41) is 0.438. The van der Waals surface area contributed by atoms with Gasteiger partial charge in [-0.1, -0.05) is 29.8 Å². The summed E-state index contributed by atoms with van der Waals surface area (Å²) in [5.41, 5.74) is -0.919. The molecule has 0 aliphatic rings. The van der Waals surface area contributed by atoms with E-state index in [2.05, 4.69) is 9.71 Å². The van der Waals surface area contributed by atoms with Gasteiger partial charge < -0.3 is 0 Å². The molecule has 1 aromatic heterocycles. The van der Waals surface area contributed by atoms with E-state index >= 15 is 0 Å². The molecule has 0 saturated carbocycles. The van der Waals surface area contributed by atoms with Crippen molar-refractivity contribution in [2.24, 2.45) is 0 Å². The first-order valence-electron chi connectivity index (χ1n) is 6.92. The Hall–Kier alpha value is -2.32. The Morgan fingerprint density at radius 2 is 1.76 bits per heavy atom. The first kappa shape index (κ1) is 17.5. The molecule has 0 aliphatic heterocycles. The van der Waals surface area contributed by atoms with Crippen LogP contribution in [0.1, 0.15) is 5.56 Å².